The van der Waals surface area contributed by atoms with Gasteiger partial charge in [-0.3, -0.25) is 0 Å². The van der Waals surface area contributed by atoms with Crippen molar-refractivity contribution >= 4 is 0 Å². The van der Waals surface area contributed by atoms with E-state index in [0.717, 1.165) is 162 Å². The number of piperidine rings is 5. The van der Waals surface area contributed by atoms with Gasteiger partial charge in [0, 0.05) is 145 Å². The van der Waals surface area contributed by atoms with Crippen LogP contribution in [0.5, 0.6) is 0 Å². The van der Waals surface area contributed by atoms with Gasteiger partial charge in [-0.05, 0) is 338 Å². The number of ether oxygens (including phenoxy) is 6. The van der Waals surface area contributed by atoms with Crippen LogP contribution in [-0.2, 0) is 28.4 Å². The van der Waals surface area contributed by atoms with Crippen molar-refractivity contribution in [2.24, 2.45) is 82.9 Å². The summed E-state index contributed by atoms with van der Waals surface area (Å²) in [6, 6.07) is 0. The highest BCUT2D eigenvalue weighted by Crippen LogP contribution is 2.40. The SMILES string of the molecule is CCOCC1CC(CN2CCC(CC)CC2)C1.CCOCC1CC(CN2CCC(CC)CC2)C1.CCOCC1CC(CN2CCCCC2)C1.CCOCC1CC(CN2CCCCC2)C1.CCOCC1CC(CN2CCCCC2)C1.CCOCC1CC(CN2CCN(CC)CC2)C1. The molecule has 0 spiro atoms. The Morgan fingerprint density at radius 1 is 0.198 bits per heavy atom. The van der Waals surface area contributed by atoms with Crippen molar-refractivity contribution < 1.29 is 28.4 Å². The van der Waals surface area contributed by atoms with Crippen LogP contribution in [0.2, 0.25) is 0 Å². The minimum atomic E-state index is 0.858. The summed E-state index contributed by atoms with van der Waals surface area (Å²) in [6.45, 7) is 58.8. The number of rotatable bonds is 33. The standard InChI is InChI=1S/2C15H29NO.C14H28N2O.3C13H25NO/c2*1-3-13-5-7-16(8-6-13)11-14-9-15(10-14)12-17-4-2;1-3-15-5-7-16(8-6-15)11-13-9-14(10-13)12-17-4-2;3*1-2-15-11-13-8-12(9-13)10-14-6-4-3-5-7-14/h2*13-15H,3-12H2,1-2H3;13-14H,3-12H2,1-2H3;3*12-13H,2-11H2,1H3. The first-order valence-corrected chi connectivity index (χ1v) is 42.6. The van der Waals surface area contributed by atoms with Crippen LogP contribution in [0.1, 0.15) is 236 Å². The summed E-state index contributed by atoms with van der Waals surface area (Å²) in [4.78, 5) is 18.6. The molecule has 0 amide bonds. The van der Waals surface area contributed by atoms with E-state index in [0.29, 0.717) is 0 Å². The molecule has 0 unspecified atom stereocenters. The van der Waals surface area contributed by atoms with Crippen molar-refractivity contribution in [2.75, 3.05) is 217 Å². The lowest BCUT2D eigenvalue weighted by molar-refractivity contribution is 0.0276. The number of piperazine rings is 1. The molecule has 12 fully saturated rings. The van der Waals surface area contributed by atoms with E-state index < -0.39 is 0 Å². The lowest BCUT2D eigenvalue weighted by Gasteiger charge is -2.41. The predicted molar refractivity (Wildman–Crippen MR) is 405 cm³/mol. The topological polar surface area (TPSA) is 78.1 Å². The van der Waals surface area contributed by atoms with Crippen molar-refractivity contribution in [1.29, 1.82) is 0 Å². The summed E-state index contributed by atoms with van der Waals surface area (Å²) in [7, 11) is 0. The first-order valence-electron chi connectivity index (χ1n) is 42.6. The lowest BCUT2D eigenvalue weighted by atomic mass is 9.75. The Bertz CT molecular complexity index is 1590. The zero-order valence-corrected chi connectivity index (χ0v) is 65.1. The summed E-state index contributed by atoms with van der Waals surface area (Å²) in [5, 5.41) is 0. The van der Waals surface area contributed by atoms with E-state index >= 15 is 0 Å². The highest BCUT2D eigenvalue weighted by atomic mass is 16.5. The summed E-state index contributed by atoms with van der Waals surface area (Å²) in [5.74, 6) is 13.1. The molecule has 13 heteroatoms. The Hall–Kier alpha value is -0.520. The van der Waals surface area contributed by atoms with E-state index in [9.17, 15) is 0 Å². The first-order chi connectivity index (χ1) is 47.1. The van der Waals surface area contributed by atoms with Crippen LogP contribution in [-0.4, -0.2) is 251 Å². The van der Waals surface area contributed by atoms with Gasteiger partial charge in [-0.1, -0.05) is 52.9 Å². The Morgan fingerprint density at radius 3 is 0.573 bits per heavy atom. The number of likely N-dealkylation sites (tertiary alicyclic amines) is 5. The van der Waals surface area contributed by atoms with Gasteiger partial charge in [0.1, 0.15) is 0 Å². The van der Waals surface area contributed by atoms with Crippen LogP contribution in [0.3, 0.4) is 0 Å². The molecule has 6 saturated carbocycles. The number of hydrogen-bond acceptors (Lipinski definition) is 13. The van der Waals surface area contributed by atoms with E-state index in [-0.39, 0.29) is 0 Å². The van der Waals surface area contributed by atoms with Gasteiger partial charge in [-0.25, -0.2) is 0 Å². The van der Waals surface area contributed by atoms with Crippen LogP contribution in [0.4, 0.5) is 0 Å². The fraction of sp³-hybridized carbons (Fsp3) is 1.00. The molecule has 6 aliphatic carbocycles. The third-order valence-electron chi connectivity index (χ3n) is 25.3. The van der Waals surface area contributed by atoms with E-state index in [1.54, 1.807) is 0 Å². The second-order valence-corrected chi connectivity index (χ2v) is 33.3. The molecule has 96 heavy (non-hydrogen) atoms. The zero-order chi connectivity index (χ0) is 67.8. The van der Waals surface area contributed by atoms with Crippen molar-refractivity contribution in [1.82, 2.24) is 34.3 Å². The van der Waals surface area contributed by atoms with Gasteiger partial charge in [0.25, 0.3) is 0 Å². The average Bonchev–Trinajstić information content (AvgIpc) is 3.27. The number of likely N-dealkylation sites (N-methyl/N-ethyl adjacent to an activating group) is 1. The monoisotopic (exact) mass is 1350 g/mol. The molecule has 6 aliphatic heterocycles. The maximum absolute atomic E-state index is 5.49. The molecule has 0 aromatic heterocycles. The number of hydrogen-bond donors (Lipinski definition) is 0. The van der Waals surface area contributed by atoms with Gasteiger partial charge in [0.15, 0.2) is 0 Å². The van der Waals surface area contributed by atoms with Crippen molar-refractivity contribution in [2.45, 2.75) is 236 Å². The molecule has 0 aromatic carbocycles. The molecule has 0 atom stereocenters. The normalized spacial score (nSPS) is 32.0. The van der Waals surface area contributed by atoms with Gasteiger partial charge < -0.3 is 62.7 Å². The van der Waals surface area contributed by atoms with Gasteiger partial charge in [0.2, 0.25) is 0 Å². The molecule has 12 aliphatic rings. The van der Waals surface area contributed by atoms with E-state index in [1.165, 1.54) is 311 Å². The second kappa shape index (κ2) is 50.0. The second-order valence-electron chi connectivity index (χ2n) is 33.3. The molecule has 0 radical (unpaired) electrons. The van der Waals surface area contributed by atoms with Gasteiger partial charge in [-0.15, -0.1) is 0 Å². The summed E-state index contributed by atoms with van der Waals surface area (Å²) < 4.78 is 32.9. The van der Waals surface area contributed by atoms with Crippen LogP contribution >= 0.6 is 0 Å². The van der Waals surface area contributed by atoms with Gasteiger partial charge in [-0.2, -0.15) is 0 Å². The largest absolute Gasteiger partial charge is 0.381 e. The lowest BCUT2D eigenvalue weighted by Crippen LogP contribution is -2.49. The van der Waals surface area contributed by atoms with Gasteiger partial charge in [0.05, 0.1) is 0 Å². The van der Waals surface area contributed by atoms with E-state index in [4.69, 9.17) is 28.4 Å². The molecule has 6 saturated heterocycles. The molecular weight excluding hydrogens is 1190 g/mol. The van der Waals surface area contributed by atoms with Crippen LogP contribution in [0.25, 0.3) is 0 Å². The van der Waals surface area contributed by atoms with Crippen LogP contribution in [0, 0.1) is 82.9 Å². The third kappa shape index (κ3) is 33.1. The summed E-state index contributed by atoms with van der Waals surface area (Å²) in [5.41, 5.74) is 0. The predicted octanol–water partition coefficient (Wildman–Crippen LogP) is 15.6. The quantitative estimate of drug-likeness (QED) is 0.0626. The fourth-order valence-electron chi connectivity index (χ4n) is 18.7. The molecule has 6 heterocycles. The smallest absolute Gasteiger partial charge is 0.0494 e. The molecular formula is C83H161N7O6. The van der Waals surface area contributed by atoms with Crippen molar-refractivity contribution in [3.63, 3.8) is 0 Å². The number of nitrogens with zero attached hydrogens (tertiary/aromatic N) is 7. The minimum absolute atomic E-state index is 0.858. The van der Waals surface area contributed by atoms with Gasteiger partial charge >= 0.3 is 0 Å². The Labute approximate surface area is 595 Å². The summed E-state index contributed by atoms with van der Waals surface area (Å²) in [6.07, 6.45) is 38.3. The van der Waals surface area contributed by atoms with Crippen LogP contribution < -0.4 is 0 Å². The van der Waals surface area contributed by atoms with E-state index in [2.05, 4.69) is 96.6 Å². The third-order valence-corrected chi connectivity index (χ3v) is 25.3. The zero-order valence-electron chi connectivity index (χ0n) is 65.1. The maximum Gasteiger partial charge on any atom is 0.0494 e. The minimum Gasteiger partial charge on any atom is -0.381 e. The first kappa shape index (κ1) is 82.8. The fourth-order valence-corrected chi connectivity index (χ4v) is 18.7. The Balaban J connectivity index is 0.000000163. The summed E-state index contributed by atoms with van der Waals surface area (Å²) >= 11 is 0. The molecule has 0 aromatic rings. The average molecular weight is 1350 g/mol. The highest BCUT2D eigenvalue weighted by molar-refractivity contribution is 4.88. The van der Waals surface area contributed by atoms with Crippen molar-refractivity contribution in [3.05, 3.63) is 0 Å². The maximum atomic E-state index is 5.49. The Morgan fingerprint density at radius 2 is 0.385 bits per heavy atom. The van der Waals surface area contributed by atoms with Crippen molar-refractivity contribution in [3.8, 4) is 0 Å². The molecule has 0 N–H and O–H groups in total. The Kier molecular flexibility index (Phi) is 43.1. The van der Waals surface area contributed by atoms with Crippen LogP contribution in [0.15, 0.2) is 0 Å². The molecule has 0 bridgehead atoms. The van der Waals surface area contributed by atoms with E-state index in [1.807, 2.05) is 0 Å². The molecule has 12 rings (SSSR count). The molecule has 13 nitrogen and oxygen atoms in total. The molecule has 564 valence electrons. The highest BCUT2D eigenvalue weighted by Gasteiger charge is 2.36.